The van der Waals surface area contributed by atoms with E-state index in [4.69, 9.17) is 6.42 Å². The Labute approximate surface area is 93.1 Å². The molecule has 0 aliphatic heterocycles. The van der Waals surface area contributed by atoms with Gasteiger partial charge in [0.1, 0.15) is 0 Å². The van der Waals surface area contributed by atoms with Crippen LogP contribution in [-0.2, 0) is 4.79 Å². The van der Waals surface area contributed by atoms with Crippen molar-refractivity contribution in [1.82, 2.24) is 4.90 Å². The van der Waals surface area contributed by atoms with E-state index in [1.807, 2.05) is 0 Å². The summed E-state index contributed by atoms with van der Waals surface area (Å²) < 4.78 is 36.6. The molecule has 1 amide bonds. The summed E-state index contributed by atoms with van der Waals surface area (Å²) in [5, 5.41) is 0. The van der Waals surface area contributed by atoms with Crippen molar-refractivity contribution in [2.24, 2.45) is 5.92 Å². The number of hydrogen-bond donors (Lipinski definition) is 0. The van der Waals surface area contributed by atoms with Crippen molar-refractivity contribution in [2.45, 2.75) is 20.0 Å². The molecule has 0 aliphatic carbocycles. The molecule has 1 atom stereocenters. The number of amides is 1. The second kappa shape index (κ2) is 6.21. The average molecular weight is 233 g/mol. The van der Waals surface area contributed by atoms with Crippen LogP contribution in [0.3, 0.4) is 0 Å². The maximum Gasteiger partial charge on any atom is 0.471 e. The molecule has 0 saturated heterocycles. The standard InChI is InChI=1S/C11H14F3NO/c1-4-6-7-15(8-9(3)5-2)10(16)11(12,13)14/h2,4,6,9H,7-8H2,1,3H3/b6-4+. The summed E-state index contributed by atoms with van der Waals surface area (Å²) >= 11 is 0. The lowest BCUT2D eigenvalue weighted by molar-refractivity contribution is -0.185. The molecule has 5 heteroatoms. The van der Waals surface area contributed by atoms with Crippen LogP contribution in [0.5, 0.6) is 0 Å². The first kappa shape index (κ1) is 14.6. The number of nitrogens with zero attached hydrogens (tertiary/aromatic N) is 1. The van der Waals surface area contributed by atoms with Gasteiger partial charge in [-0.25, -0.2) is 0 Å². The van der Waals surface area contributed by atoms with Gasteiger partial charge in [-0.2, -0.15) is 13.2 Å². The van der Waals surface area contributed by atoms with Gasteiger partial charge in [0.15, 0.2) is 0 Å². The van der Waals surface area contributed by atoms with Gasteiger partial charge in [-0.3, -0.25) is 4.79 Å². The van der Waals surface area contributed by atoms with E-state index in [-0.39, 0.29) is 13.1 Å². The lowest BCUT2D eigenvalue weighted by Crippen LogP contribution is -2.43. The Bertz CT molecular complexity index is 301. The van der Waals surface area contributed by atoms with Crippen LogP contribution >= 0.6 is 0 Å². The van der Waals surface area contributed by atoms with Crippen molar-refractivity contribution in [3.63, 3.8) is 0 Å². The highest BCUT2D eigenvalue weighted by atomic mass is 19.4. The van der Waals surface area contributed by atoms with Crippen LogP contribution in [0, 0.1) is 18.3 Å². The van der Waals surface area contributed by atoms with Crippen LogP contribution in [-0.4, -0.2) is 30.1 Å². The van der Waals surface area contributed by atoms with Crippen LogP contribution in [0.25, 0.3) is 0 Å². The van der Waals surface area contributed by atoms with Gasteiger partial charge in [-0.1, -0.05) is 12.2 Å². The molecule has 0 aromatic rings. The van der Waals surface area contributed by atoms with E-state index in [1.54, 1.807) is 19.9 Å². The van der Waals surface area contributed by atoms with E-state index >= 15 is 0 Å². The Morgan fingerprint density at radius 2 is 2.12 bits per heavy atom. The summed E-state index contributed by atoms with van der Waals surface area (Å²) in [6, 6.07) is 0. The summed E-state index contributed by atoms with van der Waals surface area (Å²) in [6.45, 7) is 3.08. The Hall–Kier alpha value is -1.44. The number of rotatable bonds is 4. The van der Waals surface area contributed by atoms with Crippen molar-refractivity contribution in [3.8, 4) is 12.3 Å². The number of terminal acetylenes is 1. The molecule has 1 unspecified atom stereocenters. The van der Waals surface area contributed by atoms with E-state index in [0.29, 0.717) is 4.90 Å². The molecule has 0 aliphatic rings. The first-order chi connectivity index (χ1) is 7.32. The molecule has 2 nitrogen and oxygen atoms in total. The van der Waals surface area contributed by atoms with E-state index < -0.39 is 18.0 Å². The van der Waals surface area contributed by atoms with Crippen molar-refractivity contribution >= 4 is 5.91 Å². The number of hydrogen-bond acceptors (Lipinski definition) is 1. The van der Waals surface area contributed by atoms with Gasteiger partial charge in [0.2, 0.25) is 0 Å². The Morgan fingerprint density at radius 3 is 2.50 bits per heavy atom. The lowest BCUT2D eigenvalue weighted by Gasteiger charge is -2.23. The van der Waals surface area contributed by atoms with E-state index in [9.17, 15) is 18.0 Å². The van der Waals surface area contributed by atoms with E-state index in [2.05, 4.69) is 5.92 Å². The second-order valence-electron chi connectivity index (χ2n) is 3.34. The first-order valence-corrected chi connectivity index (χ1v) is 4.76. The Kier molecular flexibility index (Phi) is 5.65. The summed E-state index contributed by atoms with van der Waals surface area (Å²) in [4.78, 5) is 11.7. The van der Waals surface area contributed by atoms with Gasteiger partial charge < -0.3 is 4.90 Å². The number of allylic oxidation sites excluding steroid dienone is 1. The van der Waals surface area contributed by atoms with Crippen LogP contribution in [0.4, 0.5) is 13.2 Å². The van der Waals surface area contributed by atoms with Gasteiger partial charge in [-0.15, -0.1) is 12.3 Å². The van der Waals surface area contributed by atoms with Crippen LogP contribution < -0.4 is 0 Å². The van der Waals surface area contributed by atoms with E-state index in [1.165, 1.54) is 6.08 Å². The van der Waals surface area contributed by atoms with Crippen molar-refractivity contribution in [3.05, 3.63) is 12.2 Å². The quantitative estimate of drug-likeness (QED) is 0.538. The van der Waals surface area contributed by atoms with Gasteiger partial charge in [0.25, 0.3) is 0 Å². The fourth-order valence-electron chi connectivity index (χ4n) is 1.04. The normalized spacial score (nSPS) is 13.5. The third-order valence-corrected chi connectivity index (χ3v) is 1.87. The van der Waals surface area contributed by atoms with Gasteiger partial charge in [0, 0.05) is 19.0 Å². The fourth-order valence-corrected chi connectivity index (χ4v) is 1.04. The van der Waals surface area contributed by atoms with Gasteiger partial charge >= 0.3 is 12.1 Å². The van der Waals surface area contributed by atoms with Gasteiger partial charge in [-0.05, 0) is 13.8 Å². The average Bonchev–Trinajstić information content (AvgIpc) is 2.21. The molecule has 90 valence electrons. The molecule has 0 rings (SSSR count). The third kappa shape index (κ3) is 4.87. The lowest BCUT2D eigenvalue weighted by atomic mass is 10.2. The minimum Gasteiger partial charge on any atom is -0.330 e. The monoisotopic (exact) mass is 233 g/mol. The zero-order chi connectivity index (χ0) is 12.8. The summed E-state index contributed by atoms with van der Waals surface area (Å²) in [5.41, 5.74) is 0. The summed E-state index contributed by atoms with van der Waals surface area (Å²) in [7, 11) is 0. The topological polar surface area (TPSA) is 20.3 Å². The number of alkyl halides is 3. The molecular formula is C11H14F3NO. The highest BCUT2D eigenvalue weighted by molar-refractivity contribution is 5.82. The Morgan fingerprint density at radius 1 is 1.56 bits per heavy atom. The van der Waals surface area contributed by atoms with Crippen LogP contribution in [0.1, 0.15) is 13.8 Å². The van der Waals surface area contributed by atoms with Crippen LogP contribution in [0.2, 0.25) is 0 Å². The molecule has 0 heterocycles. The SMILES string of the molecule is C#CC(C)CN(C/C=C/C)C(=O)C(F)(F)F. The van der Waals surface area contributed by atoms with Gasteiger partial charge in [0.05, 0.1) is 0 Å². The minimum atomic E-state index is -4.85. The smallest absolute Gasteiger partial charge is 0.330 e. The van der Waals surface area contributed by atoms with Crippen molar-refractivity contribution < 1.29 is 18.0 Å². The first-order valence-electron chi connectivity index (χ1n) is 4.76. The number of carbonyl (C=O) groups is 1. The zero-order valence-electron chi connectivity index (χ0n) is 9.21. The molecule has 0 fully saturated rings. The van der Waals surface area contributed by atoms with Crippen molar-refractivity contribution in [2.75, 3.05) is 13.1 Å². The maximum absolute atomic E-state index is 12.2. The second-order valence-corrected chi connectivity index (χ2v) is 3.34. The number of carbonyl (C=O) groups excluding carboxylic acids is 1. The fraction of sp³-hybridized carbons (Fsp3) is 0.545. The molecular weight excluding hydrogens is 219 g/mol. The zero-order valence-corrected chi connectivity index (χ0v) is 9.21. The third-order valence-electron chi connectivity index (χ3n) is 1.87. The molecule has 0 aromatic heterocycles. The molecule has 0 aromatic carbocycles. The predicted octanol–water partition coefficient (Wildman–Crippen LogP) is 2.22. The largest absolute Gasteiger partial charge is 0.471 e. The molecule has 0 saturated carbocycles. The van der Waals surface area contributed by atoms with Crippen molar-refractivity contribution in [1.29, 1.82) is 0 Å². The van der Waals surface area contributed by atoms with E-state index in [0.717, 1.165) is 0 Å². The summed E-state index contributed by atoms with van der Waals surface area (Å²) in [6.07, 6.45) is 3.28. The number of halogens is 3. The predicted molar refractivity (Wildman–Crippen MR) is 55.4 cm³/mol. The molecule has 16 heavy (non-hydrogen) atoms. The summed E-state index contributed by atoms with van der Waals surface area (Å²) in [5.74, 6) is 0.0329. The molecule has 0 bridgehead atoms. The Balaban J connectivity index is 4.68. The molecule has 0 N–H and O–H groups in total. The van der Waals surface area contributed by atoms with Crippen LogP contribution in [0.15, 0.2) is 12.2 Å². The molecule has 0 spiro atoms. The maximum atomic E-state index is 12.2. The highest BCUT2D eigenvalue weighted by Gasteiger charge is 2.42. The minimum absolute atomic E-state index is 0.0825. The highest BCUT2D eigenvalue weighted by Crippen LogP contribution is 2.19. The molecule has 0 radical (unpaired) electrons.